The molecule has 2 aromatic rings. The van der Waals surface area contributed by atoms with E-state index in [0.717, 1.165) is 48.4 Å². The Morgan fingerprint density at radius 2 is 1.90 bits per heavy atom. The first kappa shape index (κ1) is 20.4. The summed E-state index contributed by atoms with van der Waals surface area (Å²) in [5.74, 6) is 1.42. The Morgan fingerprint density at radius 1 is 1.16 bits per heavy atom. The standard InChI is InChI=1S/C23H29N5O3/c1-31-20-7-6-17(22-24-26-27-25-22)12-18(20)15-2-4-16(5-3-15)19-13-23(19)9-10-28(14-23)21(30)8-11-29/h2-7,12,19,22,24-27,29H,8-11,13-14H2,1H3/t19-,23-/m1/s1. The fourth-order valence-corrected chi connectivity index (χ4v) is 5.08. The van der Waals surface area contributed by atoms with Gasteiger partial charge in [-0.2, -0.15) is 11.1 Å². The van der Waals surface area contributed by atoms with Crippen LogP contribution in [0.25, 0.3) is 11.1 Å². The molecule has 164 valence electrons. The second-order valence-electron chi connectivity index (χ2n) is 8.71. The number of nitrogens with zero attached hydrogens (tertiary/aromatic N) is 1. The van der Waals surface area contributed by atoms with E-state index in [4.69, 9.17) is 9.84 Å². The van der Waals surface area contributed by atoms with E-state index in [1.54, 1.807) is 7.11 Å². The predicted octanol–water partition coefficient (Wildman–Crippen LogP) is 1.57. The van der Waals surface area contributed by atoms with Gasteiger partial charge in [0.25, 0.3) is 0 Å². The molecule has 2 atom stereocenters. The fraction of sp³-hybridized carbons (Fsp3) is 0.435. The molecule has 3 aliphatic rings. The van der Waals surface area contributed by atoms with Crippen molar-refractivity contribution in [2.24, 2.45) is 5.41 Å². The van der Waals surface area contributed by atoms with Crippen LogP contribution >= 0.6 is 0 Å². The number of benzene rings is 2. The molecule has 3 fully saturated rings. The monoisotopic (exact) mass is 423 g/mol. The predicted molar refractivity (Wildman–Crippen MR) is 116 cm³/mol. The first-order chi connectivity index (χ1) is 15.1. The highest BCUT2D eigenvalue weighted by Crippen LogP contribution is 2.64. The van der Waals surface area contributed by atoms with Crippen molar-refractivity contribution < 1.29 is 14.6 Å². The Balaban J connectivity index is 1.32. The van der Waals surface area contributed by atoms with Crippen LogP contribution in [0.5, 0.6) is 5.75 Å². The molecular formula is C23H29N5O3. The van der Waals surface area contributed by atoms with E-state index < -0.39 is 0 Å². The molecular weight excluding hydrogens is 394 g/mol. The summed E-state index contributed by atoms with van der Waals surface area (Å²) < 4.78 is 5.61. The van der Waals surface area contributed by atoms with E-state index in [9.17, 15) is 4.79 Å². The zero-order valence-electron chi connectivity index (χ0n) is 17.6. The van der Waals surface area contributed by atoms with Gasteiger partial charge in [-0.3, -0.25) is 4.79 Å². The number of aliphatic hydroxyl groups is 1. The molecule has 0 bridgehead atoms. The Hall–Kier alpha value is -2.49. The van der Waals surface area contributed by atoms with E-state index in [-0.39, 0.29) is 30.5 Å². The average molecular weight is 424 g/mol. The maximum absolute atomic E-state index is 12.1. The third-order valence-corrected chi connectivity index (χ3v) is 6.93. The number of hydrogen-bond donors (Lipinski definition) is 5. The quantitative estimate of drug-likeness (QED) is 0.481. The number of amides is 1. The topological polar surface area (TPSA) is 97.9 Å². The molecule has 8 nitrogen and oxygen atoms in total. The molecule has 0 unspecified atom stereocenters. The molecule has 8 heteroatoms. The number of nitrogens with one attached hydrogen (secondary N) is 4. The van der Waals surface area contributed by atoms with Crippen molar-refractivity contribution in [2.45, 2.75) is 31.3 Å². The van der Waals surface area contributed by atoms with Gasteiger partial charge in [0.05, 0.1) is 13.7 Å². The molecule has 2 heterocycles. The second-order valence-corrected chi connectivity index (χ2v) is 8.71. The lowest BCUT2D eigenvalue weighted by Gasteiger charge is -2.16. The van der Waals surface area contributed by atoms with Gasteiger partial charge in [-0.25, -0.2) is 10.9 Å². The third kappa shape index (κ3) is 3.81. The molecule has 1 saturated carbocycles. The van der Waals surface area contributed by atoms with Gasteiger partial charge in [0.2, 0.25) is 5.91 Å². The Kier molecular flexibility index (Phi) is 5.41. The Bertz CT molecular complexity index is 960. The van der Waals surface area contributed by atoms with Gasteiger partial charge in [-0.15, -0.1) is 0 Å². The normalized spacial score (nSPS) is 25.4. The van der Waals surface area contributed by atoms with Crippen LogP contribution in [0.15, 0.2) is 42.5 Å². The number of likely N-dealkylation sites (tertiary alicyclic amines) is 1. The zero-order valence-corrected chi connectivity index (χ0v) is 17.6. The molecule has 1 spiro atoms. The van der Waals surface area contributed by atoms with Crippen LogP contribution in [0.1, 0.15) is 42.5 Å². The maximum atomic E-state index is 12.1. The SMILES string of the molecule is COc1ccc(C2NNNN2)cc1-c1ccc([C@H]2C[C@@]23CCN(C(=O)CCO)C3)cc1. The molecule has 5 N–H and O–H groups in total. The van der Waals surface area contributed by atoms with Crippen molar-refractivity contribution >= 4 is 5.91 Å². The van der Waals surface area contributed by atoms with Crippen molar-refractivity contribution in [3.63, 3.8) is 0 Å². The van der Waals surface area contributed by atoms with Crippen LogP contribution in [-0.2, 0) is 4.79 Å². The number of carbonyl (C=O) groups excluding carboxylic acids is 1. The van der Waals surface area contributed by atoms with E-state index >= 15 is 0 Å². The first-order valence-corrected chi connectivity index (χ1v) is 10.8. The van der Waals surface area contributed by atoms with Gasteiger partial charge in [-0.05, 0) is 53.0 Å². The molecule has 2 aromatic carbocycles. The van der Waals surface area contributed by atoms with Crippen molar-refractivity contribution in [3.8, 4) is 16.9 Å². The molecule has 0 aromatic heterocycles. The summed E-state index contributed by atoms with van der Waals surface area (Å²) in [6, 6.07) is 14.9. The summed E-state index contributed by atoms with van der Waals surface area (Å²) in [4.78, 5) is 14.1. The number of hydrogen-bond acceptors (Lipinski definition) is 7. The maximum Gasteiger partial charge on any atom is 0.224 e. The van der Waals surface area contributed by atoms with Crippen LogP contribution < -0.4 is 26.7 Å². The summed E-state index contributed by atoms with van der Waals surface area (Å²) in [6.07, 6.45) is 2.38. The van der Waals surface area contributed by atoms with Crippen molar-refractivity contribution in [1.29, 1.82) is 0 Å². The highest BCUT2D eigenvalue weighted by Gasteiger charge is 2.58. The fourth-order valence-electron chi connectivity index (χ4n) is 5.08. The molecule has 1 aliphatic carbocycles. The van der Waals surface area contributed by atoms with E-state index in [1.807, 2.05) is 17.0 Å². The van der Waals surface area contributed by atoms with Crippen LogP contribution in [0.3, 0.4) is 0 Å². The summed E-state index contributed by atoms with van der Waals surface area (Å²) in [6.45, 7) is 1.56. The molecule has 2 saturated heterocycles. The number of aliphatic hydroxyl groups excluding tert-OH is 1. The average Bonchev–Trinajstić information content (AvgIpc) is 3.14. The van der Waals surface area contributed by atoms with Crippen molar-refractivity contribution in [3.05, 3.63) is 53.6 Å². The third-order valence-electron chi connectivity index (χ3n) is 6.93. The zero-order chi connectivity index (χ0) is 21.4. The Labute approximate surface area is 181 Å². The molecule has 5 rings (SSSR count). The van der Waals surface area contributed by atoms with Crippen LogP contribution in [0.2, 0.25) is 0 Å². The van der Waals surface area contributed by atoms with Crippen LogP contribution in [-0.4, -0.2) is 42.7 Å². The van der Waals surface area contributed by atoms with E-state index in [1.165, 1.54) is 5.56 Å². The minimum atomic E-state index is -0.0716. The lowest BCUT2D eigenvalue weighted by molar-refractivity contribution is -0.131. The highest BCUT2D eigenvalue weighted by molar-refractivity contribution is 5.77. The van der Waals surface area contributed by atoms with E-state index in [2.05, 4.69) is 52.3 Å². The van der Waals surface area contributed by atoms with Crippen LogP contribution in [0, 0.1) is 5.41 Å². The summed E-state index contributed by atoms with van der Waals surface area (Å²) in [5.41, 5.74) is 16.7. The van der Waals surface area contributed by atoms with Gasteiger partial charge in [0, 0.05) is 25.1 Å². The molecule has 1 amide bonds. The smallest absolute Gasteiger partial charge is 0.224 e. The number of rotatable bonds is 6. The lowest BCUT2D eigenvalue weighted by Crippen LogP contribution is -2.33. The number of ether oxygens (including phenoxy) is 1. The van der Waals surface area contributed by atoms with Crippen molar-refractivity contribution in [1.82, 2.24) is 26.8 Å². The molecule has 0 radical (unpaired) electrons. The van der Waals surface area contributed by atoms with Gasteiger partial charge >= 0.3 is 0 Å². The number of carbonyl (C=O) groups is 1. The minimum absolute atomic E-state index is 0.0332. The second kappa shape index (κ2) is 8.22. The highest BCUT2D eigenvalue weighted by atomic mass is 16.5. The van der Waals surface area contributed by atoms with E-state index in [0.29, 0.717) is 5.92 Å². The summed E-state index contributed by atoms with van der Waals surface area (Å²) in [7, 11) is 1.69. The largest absolute Gasteiger partial charge is 0.496 e. The summed E-state index contributed by atoms with van der Waals surface area (Å²) >= 11 is 0. The summed E-state index contributed by atoms with van der Waals surface area (Å²) in [5, 5.41) is 9.04. The van der Waals surface area contributed by atoms with Gasteiger partial charge in [0.15, 0.2) is 0 Å². The minimum Gasteiger partial charge on any atom is -0.496 e. The molecule has 2 aliphatic heterocycles. The van der Waals surface area contributed by atoms with Gasteiger partial charge < -0.3 is 14.7 Å². The lowest BCUT2D eigenvalue weighted by atomic mass is 9.95. The number of hydrazine groups is 3. The first-order valence-electron chi connectivity index (χ1n) is 10.8. The van der Waals surface area contributed by atoms with Gasteiger partial charge in [0.1, 0.15) is 11.9 Å². The number of methoxy groups -OCH3 is 1. The molecule has 31 heavy (non-hydrogen) atoms. The van der Waals surface area contributed by atoms with Crippen LogP contribution in [0.4, 0.5) is 0 Å². The van der Waals surface area contributed by atoms with Gasteiger partial charge in [-0.1, -0.05) is 30.3 Å². The van der Waals surface area contributed by atoms with Crippen molar-refractivity contribution in [2.75, 3.05) is 26.8 Å². The Morgan fingerprint density at radius 3 is 2.61 bits per heavy atom.